The van der Waals surface area contributed by atoms with Crippen molar-refractivity contribution in [3.05, 3.63) is 70.8 Å². The summed E-state index contributed by atoms with van der Waals surface area (Å²) in [6, 6.07) is 15.8. The van der Waals surface area contributed by atoms with E-state index in [9.17, 15) is 4.79 Å². The van der Waals surface area contributed by atoms with E-state index >= 15 is 0 Å². The molecular formula is C18H20O2. The maximum Gasteiger partial charge on any atom is 0.191 e. The first kappa shape index (κ1) is 14.5. The summed E-state index contributed by atoms with van der Waals surface area (Å²) in [5.74, 6) is 0.0436. The summed E-state index contributed by atoms with van der Waals surface area (Å²) in [4.78, 5) is 12.4. The molecule has 0 heterocycles. The van der Waals surface area contributed by atoms with Crippen molar-refractivity contribution in [1.29, 1.82) is 0 Å². The lowest BCUT2D eigenvalue weighted by molar-refractivity contribution is 0.0411. The van der Waals surface area contributed by atoms with Gasteiger partial charge in [0, 0.05) is 5.56 Å². The Kier molecular flexibility index (Phi) is 4.70. The van der Waals surface area contributed by atoms with Crippen molar-refractivity contribution in [2.75, 3.05) is 0 Å². The van der Waals surface area contributed by atoms with Crippen molar-refractivity contribution in [2.45, 2.75) is 33.5 Å². The predicted octanol–water partition coefficient (Wildman–Crippen LogP) is 4.09. The van der Waals surface area contributed by atoms with Crippen LogP contribution in [0.5, 0.6) is 0 Å². The summed E-state index contributed by atoms with van der Waals surface area (Å²) >= 11 is 0. The summed E-state index contributed by atoms with van der Waals surface area (Å²) in [5.41, 5.74) is 3.92. The molecule has 0 aromatic heterocycles. The van der Waals surface area contributed by atoms with E-state index < -0.39 is 6.10 Å². The highest BCUT2D eigenvalue weighted by Gasteiger charge is 2.17. The van der Waals surface area contributed by atoms with Gasteiger partial charge in [0.05, 0.1) is 6.61 Å². The van der Waals surface area contributed by atoms with Crippen LogP contribution in [0.4, 0.5) is 0 Å². The highest BCUT2D eigenvalue weighted by molar-refractivity contribution is 6.00. The van der Waals surface area contributed by atoms with E-state index in [0.717, 1.165) is 22.3 Å². The molecule has 2 nitrogen and oxygen atoms in total. The van der Waals surface area contributed by atoms with Gasteiger partial charge in [0.1, 0.15) is 6.10 Å². The van der Waals surface area contributed by atoms with Crippen LogP contribution < -0.4 is 0 Å². The van der Waals surface area contributed by atoms with E-state index in [1.54, 1.807) is 0 Å². The fraction of sp³-hybridized carbons (Fsp3) is 0.278. The molecule has 2 rings (SSSR count). The first-order valence-electron chi connectivity index (χ1n) is 6.85. The zero-order valence-corrected chi connectivity index (χ0v) is 12.2. The van der Waals surface area contributed by atoms with Crippen LogP contribution in [0.25, 0.3) is 0 Å². The van der Waals surface area contributed by atoms with E-state index in [-0.39, 0.29) is 5.78 Å². The lowest BCUT2D eigenvalue weighted by atomic mass is 9.99. The Balaban J connectivity index is 2.03. The van der Waals surface area contributed by atoms with Crippen molar-refractivity contribution >= 4 is 5.78 Å². The van der Waals surface area contributed by atoms with Gasteiger partial charge < -0.3 is 4.74 Å². The van der Waals surface area contributed by atoms with Crippen molar-refractivity contribution < 1.29 is 9.53 Å². The SMILES string of the molecule is Cc1ccc(C)c(C(=O)C(C)OCc2ccccc2)c1. The third-order valence-corrected chi connectivity index (χ3v) is 3.37. The van der Waals surface area contributed by atoms with Crippen molar-refractivity contribution in [2.24, 2.45) is 0 Å². The van der Waals surface area contributed by atoms with Gasteiger partial charge in [0.15, 0.2) is 5.78 Å². The molecule has 0 N–H and O–H groups in total. The summed E-state index contributed by atoms with van der Waals surface area (Å²) in [5, 5.41) is 0. The number of hydrogen-bond acceptors (Lipinski definition) is 2. The highest BCUT2D eigenvalue weighted by atomic mass is 16.5. The summed E-state index contributed by atoms with van der Waals surface area (Å²) in [7, 11) is 0. The highest BCUT2D eigenvalue weighted by Crippen LogP contribution is 2.15. The molecular weight excluding hydrogens is 248 g/mol. The number of hydrogen-bond donors (Lipinski definition) is 0. The van der Waals surface area contributed by atoms with Crippen molar-refractivity contribution in [3.8, 4) is 0 Å². The van der Waals surface area contributed by atoms with Gasteiger partial charge in [-0.3, -0.25) is 4.79 Å². The molecule has 20 heavy (non-hydrogen) atoms. The number of aryl methyl sites for hydroxylation is 2. The number of Topliss-reactive ketones (excluding diaryl/α,β-unsaturated/α-hetero) is 1. The second kappa shape index (κ2) is 6.49. The Labute approximate surface area is 120 Å². The van der Waals surface area contributed by atoms with Crippen molar-refractivity contribution in [1.82, 2.24) is 0 Å². The maximum absolute atomic E-state index is 12.4. The normalized spacial score (nSPS) is 12.2. The van der Waals surface area contributed by atoms with Crippen LogP contribution in [0, 0.1) is 13.8 Å². The van der Waals surface area contributed by atoms with Crippen LogP contribution >= 0.6 is 0 Å². The molecule has 2 aromatic carbocycles. The van der Waals surface area contributed by atoms with Gasteiger partial charge >= 0.3 is 0 Å². The van der Waals surface area contributed by atoms with Crippen LogP contribution in [0.1, 0.15) is 34.0 Å². The Morgan fingerprint density at radius 2 is 1.80 bits per heavy atom. The summed E-state index contributed by atoms with van der Waals surface area (Å²) in [6.07, 6.45) is -0.435. The monoisotopic (exact) mass is 268 g/mol. The lowest BCUT2D eigenvalue weighted by Gasteiger charge is -2.14. The Morgan fingerprint density at radius 3 is 2.50 bits per heavy atom. The van der Waals surface area contributed by atoms with Crippen molar-refractivity contribution in [3.63, 3.8) is 0 Å². The quantitative estimate of drug-likeness (QED) is 0.763. The van der Waals surface area contributed by atoms with Gasteiger partial charge in [-0.2, -0.15) is 0 Å². The minimum absolute atomic E-state index is 0.0436. The molecule has 0 saturated heterocycles. The van der Waals surface area contributed by atoms with E-state index in [0.29, 0.717) is 6.61 Å². The second-order valence-corrected chi connectivity index (χ2v) is 5.12. The molecule has 104 valence electrons. The van der Waals surface area contributed by atoms with Gasteiger partial charge in [0.25, 0.3) is 0 Å². The van der Waals surface area contributed by atoms with Crippen LogP contribution in [0.2, 0.25) is 0 Å². The van der Waals surface area contributed by atoms with E-state index in [1.807, 2.05) is 69.3 Å². The number of ketones is 1. The Morgan fingerprint density at radius 1 is 1.10 bits per heavy atom. The minimum Gasteiger partial charge on any atom is -0.366 e. The predicted molar refractivity (Wildman–Crippen MR) is 80.9 cm³/mol. The largest absolute Gasteiger partial charge is 0.366 e. The molecule has 0 fully saturated rings. The third-order valence-electron chi connectivity index (χ3n) is 3.37. The Bertz CT molecular complexity index is 588. The maximum atomic E-state index is 12.4. The molecule has 1 atom stereocenters. The number of rotatable bonds is 5. The molecule has 0 aliphatic heterocycles. The molecule has 1 unspecified atom stereocenters. The molecule has 0 spiro atoms. The fourth-order valence-corrected chi connectivity index (χ4v) is 2.09. The average Bonchev–Trinajstić information content (AvgIpc) is 2.47. The van der Waals surface area contributed by atoms with Crippen LogP contribution in [-0.2, 0) is 11.3 Å². The number of carbonyl (C=O) groups excluding carboxylic acids is 1. The molecule has 2 aromatic rings. The standard InChI is InChI=1S/C18H20O2/c1-13-9-10-14(2)17(11-13)18(19)15(3)20-12-16-7-5-4-6-8-16/h4-11,15H,12H2,1-3H3. The second-order valence-electron chi connectivity index (χ2n) is 5.12. The van der Waals surface area contributed by atoms with Crippen LogP contribution in [-0.4, -0.2) is 11.9 Å². The molecule has 0 amide bonds. The molecule has 2 heteroatoms. The molecule has 0 aliphatic carbocycles. The number of carbonyl (C=O) groups is 1. The zero-order chi connectivity index (χ0) is 14.5. The molecule has 0 saturated carbocycles. The third kappa shape index (κ3) is 3.55. The van der Waals surface area contributed by atoms with E-state index in [4.69, 9.17) is 4.74 Å². The smallest absolute Gasteiger partial charge is 0.191 e. The first-order valence-corrected chi connectivity index (χ1v) is 6.85. The van der Waals surface area contributed by atoms with Gasteiger partial charge in [-0.05, 0) is 38.0 Å². The van der Waals surface area contributed by atoms with E-state index in [1.165, 1.54) is 0 Å². The zero-order valence-electron chi connectivity index (χ0n) is 12.2. The average molecular weight is 268 g/mol. The number of ether oxygens (including phenoxy) is 1. The van der Waals surface area contributed by atoms with Gasteiger partial charge in [0.2, 0.25) is 0 Å². The van der Waals surface area contributed by atoms with Gasteiger partial charge in [-0.25, -0.2) is 0 Å². The Hall–Kier alpha value is -1.93. The fourth-order valence-electron chi connectivity index (χ4n) is 2.09. The molecule has 0 radical (unpaired) electrons. The topological polar surface area (TPSA) is 26.3 Å². The van der Waals surface area contributed by atoms with Gasteiger partial charge in [-0.1, -0.05) is 48.0 Å². The first-order chi connectivity index (χ1) is 9.58. The molecule has 0 aliphatic rings. The summed E-state index contributed by atoms with van der Waals surface area (Å²) < 4.78 is 5.69. The summed E-state index contributed by atoms with van der Waals surface area (Å²) in [6.45, 7) is 6.22. The van der Waals surface area contributed by atoms with Crippen LogP contribution in [0.3, 0.4) is 0 Å². The minimum atomic E-state index is -0.435. The van der Waals surface area contributed by atoms with E-state index in [2.05, 4.69) is 0 Å². The molecule has 0 bridgehead atoms. The van der Waals surface area contributed by atoms with Crippen LogP contribution in [0.15, 0.2) is 48.5 Å². The lowest BCUT2D eigenvalue weighted by Crippen LogP contribution is -2.21. The van der Waals surface area contributed by atoms with Gasteiger partial charge in [-0.15, -0.1) is 0 Å². The number of benzene rings is 2.